The zero-order valence-corrected chi connectivity index (χ0v) is 16.2. The first kappa shape index (κ1) is 20.6. The molecule has 9 heteroatoms. The van der Waals surface area contributed by atoms with Crippen molar-refractivity contribution in [1.82, 2.24) is 10.0 Å². The number of sulfone groups is 1. The number of aromatic nitrogens is 1. The average molecular weight is 386 g/mol. The number of rotatable bonds is 7. The van der Waals surface area contributed by atoms with E-state index in [4.69, 9.17) is 9.57 Å². The molecule has 8 nitrogen and oxygen atoms in total. The molecule has 2 heterocycles. The van der Waals surface area contributed by atoms with Crippen LogP contribution in [0.5, 0.6) is 0 Å². The number of hydroxylamine groups is 1. The summed E-state index contributed by atoms with van der Waals surface area (Å²) in [6.07, 6.45) is 4.44. The highest BCUT2D eigenvalue weighted by molar-refractivity contribution is 7.92. The highest BCUT2D eigenvalue weighted by Gasteiger charge is 2.43. The molecule has 1 aromatic heterocycles. The first-order chi connectivity index (χ1) is 12.1. The van der Waals surface area contributed by atoms with Gasteiger partial charge < -0.3 is 9.30 Å². The van der Waals surface area contributed by atoms with Crippen molar-refractivity contribution in [3.05, 3.63) is 34.2 Å². The maximum atomic E-state index is 12.6. The van der Waals surface area contributed by atoms with Crippen LogP contribution in [0.1, 0.15) is 38.2 Å². The first-order valence-electron chi connectivity index (χ1n) is 8.58. The maximum absolute atomic E-state index is 12.6. The molecule has 1 saturated heterocycles. The fourth-order valence-electron chi connectivity index (χ4n) is 2.62. The van der Waals surface area contributed by atoms with Crippen molar-refractivity contribution in [1.29, 1.82) is 0 Å². The SMILES string of the molecule is Cc1ccn(CC[C@](C)(C(=O)NOC2CCCCO2)S(C)(=O)=O)c(=O)c1. The Labute approximate surface area is 153 Å². The molecule has 0 aliphatic carbocycles. The van der Waals surface area contributed by atoms with Gasteiger partial charge in [0.1, 0.15) is 0 Å². The number of aryl methyl sites for hydroxylation is 2. The number of amides is 1. The van der Waals surface area contributed by atoms with Gasteiger partial charge in [-0.2, -0.15) is 0 Å². The molecule has 2 atom stereocenters. The highest BCUT2D eigenvalue weighted by Crippen LogP contribution is 2.23. The Morgan fingerprint density at radius 3 is 2.77 bits per heavy atom. The lowest BCUT2D eigenvalue weighted by Crippen LogP contribution is -2.51. The van der Waals surface area contributed by atoms with Gasteiger partial charge in [-0.25, -0.2) is 18.7 Å². The van der Waals surface area contributed by atoms with E-state index in [1.807, 2.05) is 0 Å². The summed E-state index contributed by atoms with van der Waals surface area (Å²) in [7, 11) is -3.76. The number of nitrogens with one attached hydrogen (secondary N) is 1. The fraction of sp³-hybridized carbons (Fsp3) is 0.647. The number of pyridine rings is 1. The summed E-state index contributed by atoms with van der Waals surface area (Å²) < 4.78 is 29.5. The second kappa shape index (κ2) is 8.32. The van der Waals surface area contributed by atoms with Crippen molar-refractivity contribution >= 4 is 15.7 Å². The topological polar surface area (TPSA) is 104 Å². The molecule has 0 bridgehead atoms. The van der Waals surface area contributed by atoms with Gasteiger partial charge in [-0.15, -0.1) is 0 Å². The van der Waals surface area contributed by atoms with Gasteiger partial charge in [0, 0.05) is 38.1 Å². The Bertz CT molecular complexity index is 798. The van der Waals surface area contributed by atoms with Crippen molar-refractivity contribution in [2.24, 2.45) is 0 Å². The molecule has 26 heavy (non-hydrogen) atoms. The van der Waals surface area contributed by atoms with Crippen molar-refractivity contribution in [3.63, 3.8) is 0 Å². The van der Waals surface area contributed by atoms with Crippen molar-refractivity contribution in [2.75, 3.05) is 12.9 Å². The molecule has 1 N–H and O–H groups in total. The van der Waals surface area contributed by atoms with Gasteiger partial charge in [-0.05, 0) is 44.7 Å². The molecule has 1 aliphatic heterocycles. The monoisotopic (exact) mass is 386 g/mol. The van der Waals surface area contributed by atoms with Gasteiger partial charge >= 0.3 is 0 Å². The number of carbonyl (C=O) groups is 1. The van der Waals surface area contributed by atoms with E-state index >= 15 is 0 Å². The van der Waals surface area contributed by atoms with Crippen LogP contribution < -0.4 is 11.0 Å². The van der Waals surface area contributed by atoms with Crippen LogP contribution >= 0.6 is 0 Å². The summed E-state index contributed by atoms with van der Waals surface area (Å²) in [5.74, 6) is -0.769. The Hall–Kier alpha value is -1.71. The van der Waals surface area contributed by atoms with Crippen LogP contribution in [0.2, 0.25) is 0 Å². The Balaban J connectivity index is 2.08. The van der Waals surface area contributed by atoms with Gasteiger partial charge in [-0.1, -0.05) is 0 Å². The van der Waals surface area contributed by atoms with Crippen LogP contribution in [0.4, 0.5) is 0 Å². The summed E-state index contributed by atoms with van der Waals surface area (Å²) in [5, 5.41) is 0. The standard InChI is InChI=1S/C17H26N2O6S/c1-13-7-9-19(14(20)12-13)10-8-17(2,26(3,22)23)16(21)18-25-15-6-4-5-11-24-15/h7,9,12,15H,4-6,8,10-11H2,1-3H3,(H,18,21)/t15?,17-/m1/s1. The molecule has 0 radical (unpaired) electrons. The van der Waals surface area contributed by atoms with Crippen molar-refractivity contribution < 1.29 is 22.8 Å². The van der Waals surface area contributed by atoms with Crippen LogP contribution in [0.15, 0.2) is 23.1 Å². The third-order valence-corrected chi connectivity index (χ3v) is 6.73. The van der Waals surface area contributed by atoms with Crippen molar-refractivity contribution in [3.8, 4) is 0 Å². The highest BCUT2D eigenvalue weighted by atomic mass is 32.2. The van der Waals surface area contributed by atoms with Gasteiger partial charge in [0.15, 0.2) is 20.9 Å². The Morgan fingerprint density at radius 2 is 2.19 bits per heavy atom. The zero-order valence-electron chi connectivity index (χ0n) is 15.4. The number of hydrogen-bond donors (Lipinski definition) is 1. The molecule has 0 aromatic carbocycles. The minimum absolute atomic E-state index is 0.0600. The van der Waals surface area contributed by atoms with Crippen LogP contribution in [0.25, 0.3) is 0 Å². The first-order valence-corrected chi connectivity index (χ1v) is 10.5. The molecule has 1 aliphatic rings. The second-order valence-electron chi connectivity index (χ2n) is 6.83. The van der Waals surface area contributed by atoms with Gasteiger partial charge in [0.05, 0.1) is 0 Å². The molecule has 0 saturated carbocycles. The molecule has 1 unspecified atom stereocenters. The summed E-state index contributed by atoms with van der Waals surface area (Å²) >= 11 is 0. The van der Waals surface area contributed by atoms with E-state index in [9.17, 15) is 18.0 Å². The average Bonchev–Trinajstić information content (AvgIpc) is 2.58. The Morgan fingerprint density at radius 1 is 1.46 bits per heavy atom. The lowest BCUT2D eigenvalue weighted by molar-refractivity contribution is -0.201. The van der Waals surface area contributed by atoms with E-state index in [0.29, 0.717) is 13.0 Å². The third-order valence-electron chi connectivity index (χ3n) is 4.70. The maximum Gasteiger partial charge on any atom is 0.264 e. The van der Waals surface area contributed by atoms with E-state index < -0.39 is 26.8 Å². The molecule has 1 aromatic rings. The minimum atomic E-state index is -3.76. The summed E-state index contributed by atoms with van der Waals surface area (Å²) in [5.41, 5.74) is 2.80. The number of ether oxygens (including phenoxy) is 1. The number of carbonyl (C=O) groups excluding carboxylic acids is 1. The zero-order chi connectivity index (χ0) is 19.4. The smallest absolute Gasteiger partial charge is 0.264 e. The predicted molar refractivity (Wildman–Crippen MR) is 96.1 cm³/mol. The molecule has 146 valence electrons. The summed E-state index contributed by atoms with van der Waals surface area (Å²) in [6, 6.07) is 3.21. The van der Waals surface area contributed by atoms with Gasteiger partial charge in [0.2, 0.25) is 0 Å². The lowest BCUT2D eigenvalue weighted by Gasteiger charge is -2.28. The van der Waals surface area contributed by atoms with E-state index in [-0.39, 0.29) is 18.5 Å². The number of nitrogens with zero attached hydrogens (tertiary/aromatic N) is 1. The molecule has 1 amide bonds. The van der Waals surface area contributed by atoms with E-state index in [0.717, 1.165) is 24.7 Å². The van der Waals surface area contributed by atoms with Gasteiger partial charge in [-0.3, -0.25) is 9.59 Å². The quantitative estimate of drug-likeness (QED) is 0.699. The number of hydrogen-bond acceptors (Lipinski definition) is 6. The van der Waals surface area contributed by atoms with E-state index in [2.05, 4.69) is 5.48 Å². The van der Waals surface area contributed by atoms with Gasteiger partial charge in [0.25, 0.3) is 11.5 Å². The molecule has 0 spiro atoms. The molecule has 2 rings (SSSR count). The molecular weight excluding hydrogens is 360 g/mol. The summed E-state index contributed by atoms with van der Waals surface area (Å²) in [6.45, 7) is 3.77. The van der Waals surface area contributed by atoms with Crippen molar-refractivity contribution in [2.45, 2.75) is 57.1 Å². The normalized spacial score (nSPS) is 20.3. The minimum Gasteiger partial charge on any atom is -0.350 e. The predicted octanol–water partition coefficient (Wildman–Crippen LogP) is 0.925. The lowest BCUT2D eigenvalue weighted by atomic mass is 10.1. The van der Waals surface area contributed by atoms with Crippen LogP contribution in [-0.2, 0) is 30.8 Å². The summed E-state index contributed by atoms with van der Waals surface area (Å²) in [4.78, 5) is 29.8. The second-order valence-corrected chi connectivity index (χ2v) is 9.28. The van der Waals surface area contributed by atoms with Crippen LogP contribution in [0, 0.1) is 6.92 Å². The molecular formula is C17H26N2O6S. The van der Waals surface area contributed by atoms with Crippen LogP contribution in [-0.4, -0.2) is 42.8 Å². The Kier molecular flexibility index (Phi) is 6.59. The van der Waals surface area contributed by atoms with E-state index in [1.54, 1.807) is 19.2 Å². The largest absolute Gasteiger partial charge is 0.350 e. The van der Waals surface area contributed by atoms with E-state index in [1.165, 1.54) is 17.6 Å². The molecule has 1 fully saturated rings. The van der Waals surface area contributed by atoms with Crippen LogP contribution in [0.3, 0.4) is 0 Å². The third kappa shape index (κ3) is 4.93. The fourth-order valence-corrected chi connectivity index (χ4v) is 3.46.